The molecule has 0 spiro atoms. The fraction of sp³-hybridized carbons (Fsp3) is 0.533. The van der Waals surface area contributed by atoms with Crippen LogP contribution in [0.15, 0.2) is 24.3 Å². The summed E-state index contributed by atoms with van der Waals surface area (Å²) in [5.41, 5.74) is 5.54. The van der Waals surface area contributed by atoms with E-state index in [4.69, 9.17) is 5.73 Å². The maximum atomic E-state index is 13.1. The fourth-order valence-electron chi connectivity index (χ4n) is 2.16. The molecule has 1 amide bonds. The molecule has 4 nitrogen and oxygen atoms in total. The minimum absolute atomic E-state index is 0.0457. The van der Waals surface area contributed by atoms with Crippen molar-refractivity contribution in [2.45, 2.75) is 32.8 Å². The van der Waals surface area contributed by atoms with Gasteiger partial charge in [-0.1, -0.05) is 26.0 Å². The van der Waals surface area contributed by atoms with Gasteiger partial charge in [-0.15, -0.1) is 0 Å². The number of halogens is 1. The van der Waals surface area contributed by atoms with Crippen molar-refractivity contribution in [2.75, 3.05) is 13.1 Å². The highest BCUT2D eigenvalue weighted by Gasteiger charge is 2.33. The van der Waals surface area contributed by atoms with Gasteiger partial charge in [0.15, 0.2) is 0 Å². The maximum Gasteiger partial charge on any atom is 0.227 e. The van der Waals surface area contributed by atoms with Gasteiger partial charge in [-0.3, -0.25) is 4.79 Å². The second-order valence-electron chi connectivity index (χ2n) is 4.97. The number of rotatable bonds is 7. The van der Waals surface area contributed by atoms with E-state index in [9.17, 15) is 14.3 Å². The third-order valence-electron chi connectivity index (χ3n) is 3.92. The molecule has 0 saturated heterocycles. The molecule has 5 heteroatoms. The van der Waals surface area contributed by atoms with Crippen molar-refractivity contribution in [1.29, 1.82) is 0 Å². The molecule has 1 unspecified atom stereocenters. The average molecular weight is 282 g/mol. The highest BCUT2D eigenvalue weighted by atomic mass is 19.1. The van der Waals surface area contributed by atoms with Gasteiger partial charge in [0, 0.05) is 13.1 Å². The first-order chi connectivity index (χ1) is 9.49. The third-order valence-corrected chi connectivity index (χ3v) is 3.92. The van der Waals surface area contributed by atoms with Crippen LogP contribution in [0.4, 0.5) is 4.39 Å². The van der Waals surface area contributed by atoms with Crippen molar-refractivity contribution in [3.8, 4) is 0 Å². The quantitative estimate of drug-likeness (QED) is 0.713. The third kappa shape index (κ3) is 3.77. The zero-order valence-corrected chi connectivity index (χ0v) is 12.0. The normalized spacial score (nSPS) is 13.1. The van der Waals surface area contributed by atoms with E-state index in [2.05, 4.69) is 5.32 Å². The minimum atomic E-state index is -0.932. The topological polar surface area (TPSA) is 75.4 Å². The van der Waals surface area contributed by atoms with Gasteiger partial charge in [-0.2, -0.15) is 0 Å². The highest BCUT2D eigenvalue weighted by molar-refractivity contribution is 5.82. The lowest BCUT2D eigenvalue weighted by atomic mass is 9.81. The number of aliphatic hydroxyl groups is 1. The van der Waals surface area contributed by atoms with E-state index in [1.54, 1.807) is 6.07 Å². The van der Waals surface area contributed by atoms with Crippen LogP contribution in [0.1, 0.15) is 38.4 Å². The lowest BCUT2D eigenvalue weighted by Crippen LogP contribution is -2.46. The summed E-state index contributed by atoms with van der Waals surface area (Å²) in [6, 6.07) is 5.71. The van der Waals surface area contributed by atoms with Crippen LogP contribution in [0, 0.1) is 11.2 Å². The molecule has 0 bridgehead atoms. The molecule has 0 aliphatic rings. The second-order valence-corrected chi connectivity index (χ2v) is 4.97. The summed E-state index contributed by atoms with van der Waals surface area (Å²) < 4.78 is 13.1. The van der Waals surface area contributed by atoms with Gasteiger partial charge >= 0.3 is 0 Å². The maximum absolute atomic E-state index is 13.1. The van der Waals surface area contributed by atoms with E-state index in [0.29, 0.717) is 18.4 Å². The van der Waals surface area contributed by atoms with Crippen LogP contribution in [0.3, 0.4) is 0 Å². The number of carbonyl (C=O) groups is 1. The van der Waals surface area contributed by atoms with E-state index in [1.165, 1.54) is 18.2 Å². The standard InChI is InChI=1S/C15H23FN2O2/c1-3-15(4-2,10-17)14(20)18-9-13(19)11-6-5-7-12(16)8-11/h5-8,13,19H,3-4,9-10,17H2,1-2H3,(H,18,20). The van der Waals surface area contributed by atoms with Crippen LogP contribution in [0.25, 0.3) is 0 Å². The molecule has 1 aromatic rings. The van der Waals surface area contributed by atoms with Crippen molar-refractivity contribution in [2.24, 2.45) is 11.1 Å². The Labute approximate surface area is 119 Å². The minimum Gasteiger partial charge on any atom is -0.387 e. The molecule has 1 aromatic carbocycles. The molecule has 20 heavy (non-hydrogen) atoms. The molecule has 0 aliphatic heterocycles. The summed E-state index contributed by atoms with van der Waals surface area (Å²) in [5.74, 6) is -0.577. The second kappa shape index (κ2) is 7.36. The lowest BCUT2D eigenvalue weighted by Gasteiger charge is -2.29. The van der Waals surface area contributed by atoms with Crippen molar-refractivity contribution >= 4 is 5.91 Å². The molecule has 0 aliphatic carbocycles. The van der Waals surface area contributed by atoms with Gasteiger partial charge < -0.3 is 16.2 Å². The summed E-state index contributed by atoms with van der Waals surface area (Å²) >= 11 is 0. The Hall–Kier alpha value is -1.46. The van der Waals surface area contributed by atoms with E-state index >= 15 is 0 Å². The summed E-state index contributed by atoms with van der Waals surface area (Å²) in [5, 5.41) is 12.7. The zero-order chi connectivity index (χ0) is 15.2. The number of hydrogen-bond acceptors (Lipinski definition) is 3. The number of carbonyl (C=O) groups excluding carboxylic acids is 1. The number of benzene rings is 1. The Kier molecular flexibility index (Phi) is 6.10. The first-order valence-corrected chi connectivity index (χ1v) is 6.91. The van der Waals surface area contributed by atoms with Crippen LogP contribution < -0.4 is 11.1 Å². The van der Waals surface area contributed by atoms with E-state index in [0.717, 1.165) is 0 Å². The highest BCUT2D eigenvalue weighted by Crippen LogP contribution is 2.25. The molecule has 1 rings (SSSR count). The summed E-state index contributed by atoms with van der Waals surface area (Å²) in [6.45, 7) is 4.14. The molecule has 112 valence electrons. The Morgan fingerprint density at radius 1 is 1.45 bits per heavy atom. The van der Waals surface area contributed by atoms with Crippen LogP contribution in [0.2, 0.25) is 0 Å². The first kappa shape index (κ1) is 16.6. The van der Waals surface area contributed by atoms with E-state index in [-0.39, 0.29) is 19.0 Å². The molecule has 1 atom stereocenters. The van der Waals surface area contributed by atoms with Crippen molar-refractivity contribution in [1.82, 2.24) is 5.32 Å². The Balaban J connectivity index is 2.64. The van der Waals surface area contributed by atoms with Crippen LogP contribution >= 0.6 is 0 Å². The zero-order valence-electron chi connectivity index (χ0n) is 12.0. The van der Waals surface area contributed by atoms with Gasteiger partial charge in [0.2, 0.25) is 5.91 Å². The van der Waals surface area contributed by atoms with E-state index in [1.807, 2.05) is 13.8 Å². The fourth-order valence-corrected chi connectivity index (χ4v) is 2.16. The Bertz CT molecular complexity index is 439. The number of aliphatic hydroxyl groups excluding tert-OH is 1. The monoisotopic (exact) mass is 282 g/mol. The SMILES string of the molecule is CCC(CC)(CN)C(=O)NCC(O)c1cccc(F)c1. The molecule has 0 saturated carbocycles. The van der Waals surface area contributed by atoms with E-state index < -0.39 is 17.3 Å². The van der Waals surface area contributed by atoms with Crippen molar-refractivity contribution in [3.05, 3.63) is 35.6 Å². The number of amides is 1. The van der Waals surface area contributed by atoms with Gasteiger partial charge in [0.1, 0.15) is 5.82 Å². The van der Waals surface area contributed by atoms with Crippen LogP contribution in [-0.4, -0.2) is 24.1 Å². The largest absolute Gasteiger partial charge is 0.387 e. The molecule has 0 radical (unpaired) electrons. The number of hydrogen-bond donors (Lipinski definition) is 3. The number of nitrogens with one attached hydrogen (secondary N) is 1. The van der Waals surface area contributed by atoms with Gasteiger partial charge in [0.25, 0.3) is 0 Å². The van der Waals surface area contributed by atoms with Gasteiger partial charge in [-0.25, -0.2) is 4.39 Å². The Morgan fingerprint density at radius 3 is 2.60 bits per heavy atom. The predicted molar refractivity (Wildman–Crippen MR) is 76.4 cm³/mol. The number of nitrogens with two attached hydrogens (primary N) is 1. The average Bonchev–Trinajstić information content (AvgIpc) is 2.47. The molecule has 0 fully saturated rings. The van der Waals surface area contributed by atoms with Crippen LogP contribution in [-0.2, 0) is 4.79 Å². The molecular formula is C15H23FN2O2. The summed E-state index contributed by atoms with van der Waals surface area (Å²) in [7, 11) is 0. The van der Waals surface area contributed by atoms with Crippen molar-refractivity contribution < 1.29 is 14.3 Å². The molecule has 0 aromatic heterocycles. The molecular weight excluding hydrogens is 259 g/mol. The smallest absolute Gasteiger partial charge is 0.227 e. The summed E-state index contributed by atoms with van der Waals surface area (Å²) in [4.78, 5) is 12.2. The first-order valence-electron chi connectivity index (χ1n) is 6.91. The summed E-state index contributed by atoms with van der Waals surface area (Å²) in [6.07, 6.45) is 0.350. The lowest BCUT2D eigenvalue weighted by molar-refractivity contribution is -0.131. The van der Waals surface area contributed by atoms with Crippen molar-refractivity contribution in [3.63, 3.8) is 0 Å². The van der Waals surface area contributed by atoms with Gasteiger partial charge in [0.05, 0.1) is 11.5 Å². The molecule has 0 heterocycles. The molecule has 4 N–H and O–H groups in total. The van der Waals surface area contributed by atoms with Crippen LogP contribution in [0.5, 0.6) is 0 Å². The Morgan fingerprint density at radius 2 is 2.10 bits per heavy atom. The van der Waals surface area contributed by atoms with Gasteiger partial charge in [-0.05, 0) is 30.5 Å². The predicted octanol–water partition coefficient (Wildman–Crippen LogP) is 1.74.